The first kappa shape index (κ1) is 21.5. The zero-order valence-electron chi connectivity index (χ0n) is 16.0. The molecule has 5 atom stereocenters. The van der Waals surface area contributed by atoms with E-state index in [2.05, 4.69) is 34.6 Å². The molecule has 150 valence electrons. The van der Waals surface area contributed by atoms with Gasteiger partial charge in [0.15, 0.2) is 0 Å². The lowest BCUT2D eigenvalue weighted by molar-refractivity contribution is -0.199. The SMILES string of the molecule is CC(C)C[C@H](N)B1OC2CC3CC(C3(C)C)[C@@]2(C)O1.O=C(O)C(F)(F)F. The van der Waals surface area contributed by atoms with Crippen LogP contribution in [0.3, 0.4) is 0 Å². The van der Waals surface area contributed by atoms with E-state index in [1.54, 1.807) is 0 Å². The number of aliphatic carboxylic acids is 1. The Morgan fingerprint density at radius 2 is 1.85 bits per heavy atom. The van der Waals surface area contributed by atoms with Crippen LogP contribution in [0, 0.1) is 23.2 Å². The standard InChI is InChI=1S/C15H28BNO2.C2HF3O2/c1-9(2)6-13(17)16-18-12-8-10-7-11(14(10,3)4)15(12,5)19-16;3-2(4,5)1(6)7/h9-13H,6-8,17H2,1-5H3;(H,6,7)/t10?,11?,12?,13-,15+;/m0./s1. The average Bonchev–Trinajstić information content (AvgIpc) is 2.83. The van der Waals surface area contributed by atoms with Gasteiger partial charge in [0, 0.05) is 5.94 Å². The summed E-state index contributed by atoms with van der Waals surface area (Å²) in [5.74, 6) is -0.739. The Kier molecular flexibility index (Phi) is 5.77. The van der Waals surface area contributed by atoms with Gasteiger partial charge in [-0.25, -0.2) is 4.79 Å². The van der Waals surface area contributed by atoms with Crippen molar-refractivity contribution >= 4 is 13.1 Å². The maximum absolute atomic E-state index is 10.6. The third-order valence-electron chi connectivity index (χ3n) is 6.30. The lowest BCUT2D eigenvalue weighted by atomic mass is 9.43. The fourth-order valence-corrected chi connectivity index (χ4v) is 4.74. The van der Waals surface area contributed by atoms with Crippen molar-refractivity contribution in [3.05, 3.63) is 0 Å². The predicted molar refractivity (Wildman–Crippen MR) is 91.2 cm³/mol. The van der Waals surface area contributed by atoms with E-state index in [1.807, 2.05) is 0 Å². The van der Waals surface area contributed by atoms with Crippen LogP contribution in [0.1, 0.15) is 53.9 Å². The Morgan fingerprint density at radius 3 is 2.27 bits per heavy atom. The minimum Gasteiger partial charge on any atom is -0.475 e. The van der Waals surface area contributed by atoms with E-state index < -0.39 is 12.1 Å². The molecule has 26 heavy (non-hydrogen) atoms. The summed E-state index contributed by atoms with van der Waals surface area (Å²) < 4.78 is 44.3. The number of nitrogens with two attached hydrogens (primary N) is 1. The first-order valence-electron chi connectivity index (χ1n) is 9.08. The van der Waals surface area contributed by atoms with Crippen LogP contribution < -0.4 is 5.73 Å². The zero-order valence-corrected chi connectivity index (χ0v) is 16.0. The van der Waals surface area contributed by atoms with Gasteiger partial charge in [-0.2, -0.15) is 13.2 Å². The molecule has 0 aromatic heterocycles. The summed E-state index contributed by atoms with van der Waals surface area (Å²) in [5, 5.41) is 7.12. The van der Waals surface area contributed by atoms with Crippen LogP contribution in [0.4, 0.5) is 13.2 Å². The van der Waals surface area contributed by atoms with E-state index in [1.165, 1.54) is 6.42 Å². The maximum atomic E-state index is 10.6. The predicted octanol–water partition coefficient (Wildman–Crippen LogP) is 3.26. The number of carboxylic acid groups (broad SMARTS) is 1. The van der Waals surface area contributed by atoms with Crippen molar-refractivity contribution < 1.29 is 32.4 Å². The molecular formula is C17H29BF3NO4. The van der Waals surface area contributed by atoms with Gasteiger partial charge in [-0.05, 0) is 49.4 Å². The summed E-state index contributed by atoms with van der Waals surface area (Å²) in [5.41, 5.74) is 6.56. The van der Waals surface area contributed by atoms with E-state index in [0.29, 0.717) is 17.3 Å². The molecule has 0 aromatic carbocycles. The monoisotopic (exact) mass is 379 g/mol. The molecule has 5 nitrogen and oxygen atoms in total. The number of halogens is 3. The van der Waals surface area contributed by atoms with E-state index in [4.69, 9.17) is 24.9 Å². The van der Waals surface area contributed by atoms with Crippen molar-refractivity contribution in [1.29, 1.82) is 0 Å². The van der Waals surface area contributed by atoms with Crippen molar-refractivity contribution in [2.75, 3.05) is 0 Å². The van der Waals surface area contributed by atoms with Gasteiger partial charge < -0.3 is 20.1 Å². The molecule has 1 heterocycles. The number of alkyl halides is 3. The molecule has 2 bridgehead atoms. The third-order valence-corrected chi connectivity index (χ3v) is 6.30. The second-order valence-electron chi connectivity index (χ2n) is 8.93. The van der Waals surface area contributed by atoms with Crippen molar-refractivity contribution in [2.45, 2.75) is 77.7 Å². The first-order chi connectivity index (χ1) is 11.7. The lowest BCUT2D eigenvalue weighted by Gasteiger charge is -2.64. The summed E-state index contributed by atoms with van der Waals surface area (Å²) in [7, 11) is -0.201. The van der Waals surface area contributed by atoms with Crippen molar-refractivity contribution in [3.63, 3.8) is 0 Å². The second-order valence-corrected chi connectivity index (χ2v) is 8.93. The van der Waals surface area contributed by atoms with E-state index >= 15 is 0 Å². The molecule has 0 radical (unpaired) electrons. The van der Waals surface area contributed by atoms with Gasteiger partial charge in [-0.1, -0.05) is 27.7 Å². The van der Waals surface area contributed by atoms with Crippen molar-refractivity contribution in [1.82, 2.24) is 0 Å². The summed E-state index contributed by atoms with van der Waals surface area (Å²) in [6.45, 7) is 11.4. The van der Waals surface area contributed by atoms with Crippen LogP contribution in [0.2, 0.25) is 0 Å². The molecule has 0 amide bonds. The minimum absolute atomic E-state index is 0.00253. The van der Waals surface area contributed by atoms with Crippen LogP contribution in [0.5, 0.6) is 0 Å². The molecule has 4 aliphatic rings. The fourth-order valence-electron chi connectivity index (χ4n) is 4.74. The van der Waals surface area contributed by atoms with Crippen LogP contribution in [0.15, 0.2) is 0 Å². The topological polar surface area (TPSA) is 81.8 Å². The Balaban J connectivity index is 0.000000298. The molecule has 1 saturated heterocycles. The Bertz CT molecular complexity index is 543. The van der Waals surface area contributed by atoms with Crippen LogP contribution in [-0.4, -0.2) is 42.0 Å². The number of hydrogen-bond acceptors (Lipinski definition) is 4. The number of carbonyl (C=O) groups is 1. The Hall–Kier alpha value is -0.795. The molecule has 0 spiro atoms. The van der Waals surface area contributed by atoms with Gasteiger partial charge in [0.2, 0.25) is 0 Å². The highest BCUT2D eigenvalue weighted by atomic mass is 19.4. The molecule has 3 N–H and O–H groups in total. The maximum Gasteiger partial charge on any atom is 0.490 e. The molecule has 9 heteroatoms. The van der Waals surface area contributed by atoms with Gasteiger partial charge in [-0.3, -0.25) is 0 Å². The highest BCUT2D eigenvalue weighted by molar-refractivity contribution is 6.47. The largest absolute Gasteiger partial charge is 0.490 e. The molecule has 3 saturated carbocycles. The normalized spacial score (nSPS) is 35.9. The lowest BCUT2D eigenvalue weighted by Crippen LogP contribution is -2.65. The van der Waals surface area contributed by atoms with Crippen LogP contribution in [-0.2, 0) is 14.1 Å². The Morgan fingerprint density at radius 1 is 1.31 bits per heavy atom. The third kappa shape index (κ3) is 3.89. The zero-order chi connectivity index (χ0) is 20.1. The number of hydrogen-bond donors (Lipinski definition) is 2. The molecule has 3 aliphatic carbocycles. The summed E-state index contributed by atoms with van der Waals surface area (Å²) in [6, 6.07) is 0. The Labute approximate surface area is 152 Å². The fraction of sp³-hybridized carbons (Fsp3) is 0.941. The smallest absolute Gasteiger partial charge is 0.475 e. The van der Waals surface area contributed by atoms with Gasteiger partial charge in [0.25, 0.3) is 0 Å². The summed E-state index contributed by atoms with van der Waals surface area (Å²) in [4.78, 5) is 8.90. The van der Waals surface area contributed by atoms with E-state index in [9.17, 15) is 13.2 Å². The highest BCUT2D eigenvalue weighted by Gasteiger charge is 2.68. The van der Waals surface area contributed by atoms with Crippen molar-refractivity contribution in [3.8, 4) is 0 Å². The van der Waals surface area contributed by atoms with Gasteiger partial charge in [-0.15, -0.1) is 0 Å². The van der Waals surface area contributed by atoms with Gasteiger partial charge >= 0.3 is 19.3 Å². The summed E-state index contributed by atoms with van der Waals surface area (Å²) in [6.07, 6.45) is -1.42. The molecular weight excluding hydrogens is 350 g/mol. The molecule has 4 rings (SSSR count). The van der Waals surface area contributed by atoms with Crippen LogP contribution in [0.25, 0.3) is 0 Å². The molecule has 1 aliphatic heterocycles. The quantitative estimate of drug-likeness (QED) is 0.736. The molecule has 3 unspecified atom stereocenters. The van der Waals surface area contributed by atoms with Gasteiger partial charge in [0.1, 0.15) is 0 Å². The summed E-state index contributed by atoms with van der Waals surface area (Å²) >= 11 is 0. The van der Waals surface area contributed by atoms with E-state index in [-0.39, 0.29) is 24.8 Å². The molecule has 0 aromatic rings. The van der Waals surface area contributed by atoms with Gasteiger partial charge in [0.05, 0.1) is 11.7 Å². The second kappa shape index (κ2) is 6.98. The van der Waals surface area contributed by atoms with Crippen molar-refractivity contribution in [2.24, 2.45) is 28.9 Å². The van der Waals surface area contributed by atoms with E-state index in [0.717, 1.165) is 18.8 Å². The van der Waals surface area contributed by atoms with Crippen LogP contribution >= 0.6 is 0 Å². The average molecular weight is 379 g/mol. The number of rotatable bonds is 3. The number of carboxylic acids is 1. The minimum atomic E-state index is -5.08. The molecule has 4 fully saturated rings. The first-order valence-corrected chi connectivity index (χ1v) is 9.08. The highest BCUT2D eigenvalue weighted by Crippen LogP contribution is 2.65.